The number of nitrogens with zero attached hydrogens (tertiary/aromatic N) is 2. The number of ether oxygens (including phenoxy) is 1. The minimum Gasteiger partial charge on any atom is -0.388 e. The minimum atomic E-state index is -4.41. The van der Waals surface area contributed by atoms with E-state index in [4.69, 9.17) is 4.74 Å². The Morgan fingerprint density at radius 2 is 2.12 bits per heavy atom. The minimum absolute atomic E-state index is 0.251. The van der Waals surface area contributed by atoms with Crippen LogP contribution in [-0.2, 0) is 17.3 Å². The maximum absolute atomic E-state index is 12.5. The van der Waals surface area contributed by atoms with Gasteiger partial charge in [0.05, 0.1) is 17.2 Å². The lowest BCUT2D eigenvalue weighted by molar-refractivity contribution is -0.140. The average Bonchev–Trinajstić information content (AvgIpc) is 3.03. The van der Waals surface area contributed by atoms with Gasteiger partial charge in [0.1, 0.15) is 0 Å². The molecule has 142 valence electrons. The summed E-state index contributed by atoms with van der Waals surface area (Å²) in [6.07, 6.45) is -2.97. The van der Waals surface area contributed by atoms with Crippen LogP contribution in [0, 0.1) is 0 Å². The van der Waals surface area contributed by atoms with E-state index < -0.39 is 17.5 Å². The van der Waals surface area contributed by atoms with Crippen molar-refractivity contribution in [3.05, 3.63) is 16.1 Å². The summed E-state index contributed by atoms with van der Waals surface area (Å²) in [5, 5.41) is 18.0. The molecule has 1 aromatic rings. The number of rotatable bonds is 6. The largest absolute Gasteiger partial charge is 0.434 e. The summed E-state index contributed by atoms with van der Waals surface area (Å²) in [7, 11) is 0. The highest BCUT2D eigenvalue weighted by Crippen LogP contribution is 2.30. The Morgan fingerprint density at radius 3 is 2.72 bits per heavy atom. The second-order valence-electron chi connectivity index (χ2n) is 5.83. The van der Waals surface area contributed by atoms with Gasteiger partial charge in [0.25, 0.3) is 0 Å². The van der Waals surface area contributed by atoms with E-state index in [1.165, 1.54) is 0 Å². The molecule has 1 aliphatic heterocycles. The van der Waals surface area contributed by atoms with Crippen molar-refractivity contribution in [2.75, 3.05) is 32.8 Å². The van der Waals surface area contributed by atoms with Crippen LogP contribution in [0.5, 0.6) is 0 Å². The molecule has 0 bridgehead atoms. The number of alkyl halides is 3. The van der Waals surface area contributed by atoms with Crippen molar-refractivity contribution in [3.63, 3.8) is 0 Å². The van der Waals surface area contributed by atoms with Crippen LogP contribution in [-0.4, -0.2) is 54.5 Å². The molecule has 1 saturated heterocycles. The molecule has 0 unspecified atom stereocenters. The molecule has 0 spiro atoms. The topological polar surface area (TPSA) is 78.8 Å². The van der Waals surface area contributed by atoms with Crippen molar-refractivity contribution in [2.24, 2.45) is 4.99 Å². The number of thiazole rings is 1. The molecule has 0 radical (unpaired) electrons. The first-order valence-electron chi connectivity index (χ1n) is 8.16. The normalized spacial score (nSPS) is 18.2. The van der Waals surface area contributed by atoms with Crippen LogP contribution in [0.25, 0.3) is 0 Å². The molecule has 2 rings (SSSR count). The Balaban J connectivity index is 1.84. The summed E-state index contributed by atoms with van der Waals surface area (Å²) >= 11 is 0.992. The number of aliphatic imine (C=N–C) groups is 1. The van der Waals surface area contributed by atoms with E-state index in [1.54, 1.807) is 0 Å². The SMILES string of the molecule is CCNC(=NCC1(O)CCOCC1)NCCc1nc(C(F)(F)F)cs1. The van der Waals surface area contributed by atoms with Gasteiger partial charge < -0.3 is 20.5 Å². The highest BCUT2D eigenvalue weighted by atomic mass is 32.1. The first-order valence-corrected chi connectivity index (χ1v) is 9.04. The number of aliphatic hydroxyl groups is 1. The number of guanidine groups is 1. The van der Waals surface area contributed by atoms with Gasteiger partial charge in [0, 0.05) is 50.9 Å². The zero-order valence-corrected chi connectivity index (χ0v) is 14.8. The number of hydrogen-bond acceptors (Lipinski definition) is 5. The van der Waals surface area contributed by atoms with E-state index in [0.29, 0.717) is 56.5 Å². The lowest BCUT2D eigenvalue weighted by Crippen LogP contribution is -2.43. The van der Waals surface area contributed by atoms with Crippen molar-refractivity contribution in [2.45, 2.75) is 38.0 Å². The molecule has 0 atom stereocenters. The fourth-order valence-electron chi connectivity index (χ4n) is 2.32. The first kappa shape index (κ1) is 19.9. The molecule has 10 heteroatoms. The molecular formula is C15H23F3N4O2S. The number of nitrogens with one attached hydrogen (secondary N) is 2. The van der Waals surface area contributed by atoms with Gasteiger partial charge in [-0.25, -0.2) is 4.98 Å². The van der Waals surface area contributed by atoms with E-state index in [-0.39, 0.29) is 6.54 Å². The molecular weight excluding hydrogens is 357 g/mol. The van der Waals surface area contributed by atoms with Crippen molar-refractivity contribution in [3.8, 4) is 0 Å². The van der Waals surface area contributed by atoms with Crippen molar-refractivity contribution in [1.82, 2.24) is 15.6 Å². The standard InChI is InChI=1S/C15H23F3N4O2S/c1-2-19-13(21-10-14(23)4-7-24-8-5-14)20-6-3-12-22-11(9-25-12)15(16,17)18/h9,23H,2-8,10H2,1H3,(H2,19,20,21). The van der Waals surface area contributed by atoms with E-state index in [2.05, 4.69) is 20.6 Å². The maximum Gasteiger partial charge on any atom is 0.434 e. The maximum atomic E-state index is 12.5. The number of hydrogen-bond donors (Lipinski definition) is 3. The van der Waals surface area contributed by atoms with Gasteiger partial charge in [-0.15, -0.1) is 11.3 Å². The molecule has 0 aliphatic carbocycles. The van der Waals surface area contributed by atoms with Gasteiger partial charge >= 0.3 is 6.18 Å². The lowest BCUT2D eigenvalue weighted by Gasteiger charge is -2.30. The van der Waals surface area contributed by atoms with Gasteiger partial charge in [-0.2, -0.15) is 13.2 Å². The highest BCUT2D eigenvalue weighted by molar-refractivity contribution is 7.09. The molecule has 1 aromatic heterocycles. The third kappa shape index (κ3) is 6.44. The van der Waals surface area contributed by atoms with Gasteiger partial charge in [0.2, 0.25) is 0 Å². The summed E-state index contributed by atoms with van der Waals surface area (Å²) < 4.78 is 42.8. The second-order valence-corrected chi connectivity index (χ2v) is 6.78. The molecule has 0 aromatic carbocycles. The molecule has 0 amide bonds. The average molecular weight is 380 g/mol. The molecule has 6 nitrogen and oxygen atoms in total. The zero-order chi connectivity index (χ0) is 18.3. The summed E-state index contributed by atoms with van der Waals surface area (Å²) in [5.74, 6) is 0.523. The first-order chi connectivity index (χ1) is 11.8. The second kappa shape index (κ2) is 8.81. The summed E-state index contributed by atoms with van der Waals surface area (Å²) in [6.45, 7) is 4.24. The molecule has 0 saturated carbocycles. The molecule has 1 aliphatic rings. The Bertz CT molecular complexity index is 571. The zero-order valence-electron chi connectivity index (χ0n) is 14.0. The van der Waals surface area contributed by atoms with Gasteiger partial charge in [-0.1, -0.05) is 0 Å². The van der Waals surface area contributed by atoms with Crippen LogP contribution >= 0.6 is 11.3 Å². The van der Waals surface area contributed by atoms with Crippen LogP contribution in [0.2, 0.25) is 0 Å². The van der Waals surface area contributed by atoms with E-state index in [1.807, 2.05) is 6.92 Å². The van der Waals surface area contributed by atoms with Gasteiger partial charge in [-0.05, 0) is 6.92 Å². The van der Waals surface area contributed by atoms with Crippen LogP contribution in [0.15, 0.2) is 10.4 Å². The monoisotopic (exact) mass is 380 g/mol. The van der Waals surface area contributed by atoms with Crippen LogP contribution in [0.1, 0.15) is 30.5 Å². The quantitative estimate of drug-likeness (QED) is 0.518. The van der Waals surface area contributed by atoms with Gasteiger partial charge in [-0.3, -0.25) is 4.99 Å². The lowest BCUT2D eigenvalue weighted by atomic mass is 9.95. The Hall–Kier alpha value is -1.39. The third-order valence-corrected chi connectivity index (χ3v) is 4.68. The Kier molecular flexibility index (Phi) is 7.03. The predicted octanol–water partition coefficient (Wildman–Crippen LogP) is 1.80. The molecule has 2 heterocycles. The fraction of sp³-hybridized carbons (Fsp3) is 0.733. The Labute approximate surface area is 148 Å². The van der Waals surface area contributed by atoms with Crippen molar-refractivity contribution >= 4 is 17.3 Å². The summed E-state index contributed by atoms with van der Waals surface area (Å²) in [4.78, 5) is 7.97. The Morgan fingerprint density at radius 1 is 1.40 bits per heavy atom. The van der Waals surface area contributed by atoms with Gasteiger partial charge in [0.15, 0.2) is 11.7 Å². The predicted molar refractivity (Wildman–Crippen MR) is 89.8 cm³/mol. The van der Waals surface area contributed by atoms with E-state index in [9.17, 15) is 18.3 Å². The van der Waals surface area contributed by atoms with Crippen molar-refractivity contribution < 1.29 is 23.0 Å². The molecule has 3 N–H and O–H groups in total. The van der Waals surface area contributed by atoms with Crippen LogP contribution in [0.4, 0.5) is 13.2 Å². The van der Waals surface area contributed by atoms with Crippen LogP contribution < -0.4 is 10.6 Å². The van der Waals surface area contributed by atoms with Crippen molar-refractivity contribution in [1.29, 1.82) is 0 Å². The summed E-state index contributed by atoms with van der Waals surface area (Å²) in [6, 6.07) is 0. The van der Waals surface area contributed by atoms with Crippen LogP contribution in [0.3, 0.4) is 0 Å². The number of aromatic nitrogens is 1. The van der Waals surface area contributed by atoms with E-state index in [0.717, 1.165) is 16.7 Å². The molecule has 1 fully saturated rings. The van der Waals surface area contributed by atoms with E-state index >= 15 is 0 Å². The smallest absolute Gasteiger partial charge is 0.388 e. The highest BCUT2D eigenvalue weighted by Gasteiger charge is 2.33. The third-order valence-electron chi connectivity index (χ3n) is 3.77. The number of halogens is 3. The molecule has 25 heavy (non-hydrogen) atoms. The summed E-state index contributed by atoms with van der Waals surface area (Å²) in [5.41, 5.74) is -1.72. The fourth-order valence-corrected chi connectivity index (χ4v) is 3.13.